The SMILES string of the molecule is O=C(O)c1ccc(C2c3ccccc3C(=O)N2Cc2ccccc2)o1. The Labute approximate surface area is 144 Å². The maximum absolute atomic E-state index is 12.9. The average Bonchev–Trinajstić information content (AvgIpc) is 3.21. The van der Waals surface area contributed by atoms with E-state index in [-0.39, 0.29) is 11.7 Å². The Hall–Kier alpha value is -3.34. The normalized spacial score (nSPS) is 16.1. The minimum Gasteiger partial charge on any atom is -0.475 e. The lowest BCUT2D eigenvalue weighted by Crippen LogP contribution is -2.28. The third kappa shape index (κ3) is 2.59. The number of furan rings is 1. The van der Waals surface area contributed by atoms with Gasteiger partial charge in [0.05, 0.1) is 0 Å². The zero-order chi connectivity index (χ0) is 17.4. The zero-order valence-electron chi connectivity index (χ0n) is 13.3. The van der Waals surface area contributed by atoms with E-state index in [9.17, 15) is 9.59 Å². The highest BCUT2D eigenvalue weighted by Crippen LogP contribution is 2.39. The van der Waals surface area contributed by atoms with Crippen LogP contribution in [0.3, 0.4) is 0 Å². The summed E-state index contributed by atoms with van der Waals surface area (Å²) in [7, 11) is 0. The van der Waals surface area contributed by atoms with Crippen LogP contribution in [-0.4, -0.2) is 21.9 Å². The molecule has 0 radical (unpaired) electrons. The molecule has 25 heavy (non-hydrogen) atoms. The monoisotopic (exact) mass is 333 g/mol. The first-order valence-corrected chi connectivity index (χ1v) is 7.92. The van der Waals surface area contributed by atoms with Crippen LogP contribution < -0.4 is 0 Å². The summed E-state index contributed by atoms with van der Waals surface area (Å²) < 4.78 is 5.51. The van der Waals surface area contributed by atoms with Crippen LogP contribution in [0.4, 0.5) is 0 Å². The minimum atomic E-state index is -1.13. The van der Waals surface area contributed by atoms with Crippen molar-refractivity contribution in [3.63, 3.8) is 0 Å². The fourth-order valence-corrected chi connectivity index (χ4v) is 3.23. The average molecular weight is 333 g/mol. The topological polar surface area (TPSA) is 70.8 Å². The van der Waals surface area contributed by atoms with Crippen molar-refractivity contribution in [3.05, 3.63) is 94.9 Å². The Bertz CT molecular complexity index is 945. The summed E-state index contributed by atoms with van der Waals surface area (Å²) in [4.78, 5) is 25.7. The number of rotatable bonds is 4. The van der Waals surface area contributed by atoms with Crippen molar-refractivity contribution in [2.24, 2.45) is 0 Å². The highest BCUT2D eigenvalue weighted by molar-refractivity contribution is 5.99. The molecule has 5 heteroatoms. The molecule has 0 bridgehead atoms. The van der Waals surface area contributed by atoms with Crippen LogP contribution in [0.1, 0.15) is 43.8 Å². The largest absolute Gasteiger partial charge is 0.475 e. The number of nitrogens with zero attached hydrogens (tertiary/aromatic N) is 1. The van der Waals surface area contributed by atoms with E-state index in [1.54, 1.807) is 17.0 Å². The lowest BCUT2D eigenvalue weighted by atomic mass is 10.0. The van der Waals surface area contributed by atoms with Crippen LogP contribution in [-0.2, 0) is 6.54 Å². The molecule has 0 saturated carbocycles. The Morgan fingerprint density at radius 2 is 1.72 bits per heavy atom. The molecular weight excluding hydrogens is 318 g/mol. The maximum atomic E-state index is 12.9. The molecule has 1 aliphatic rings. The van der Waals surface area contributed by atoms with Gasteiger partial charge >= 0.3 is 5.97 Å². The standard InChI is InChI=1S/C20H15NO4/c22-19-15-9-5-4-8-14(15)18(16-10-11-17(25-16)20(23)24)21(19)12-13-6-2-1-3-7-13/h1-11,18H,12H2,(H,23,24). The van der Waals surface area contributed by atoms with Crippen LogP contribution in [0.15, 0.2) is 71.1 Å². The second-order valence-corrected chi connectivity index (χ2v) is 5.92. The van der Waals surface area contributed by atoms with E-state index in [4.69, 9.17) is 9.52 Å². The first-order valence-electron chi connectivity index (χ1n) is 7.92. The molecule has 1 N–H and O–H groups in total. The third-order valence-electron chi connectivity index (χ3n) is 4.36. The van der Waals surface area contributed by atoms with Crippen molar-refractivity contribution < 1.29 is 19.1 Å². The summed E-state index contributed by atoms with van der Waals surface area (Å²) in [5, 5.41) is 9.12. The van der Waals surface area contributed by atoms with Gasteiger partial charge in [0.1, 0.15) is 11.8 Å². The third-order valence-corrected chi connectivity index (χ3v) is 4.36. The van der Waals surface area contributed by atoms with Crippen LogP contribution >= 0.6 is 0 Å². The number of hydrogen-bond acceptors (Lipinski definition) is 3. The van der Waals surface area contributed by atoms with Crippen molar-refractivity contribution >= 4 is 11.9 Å². The van der Waals surface area contributed by atoms with Crippen molar-refractivity contribution in [2.75, 3.05) is 0 Å². The van der Waals surface area contributed by atoms with Crippen molar-refractivity contribution in [2.45, 2.75) is 12.6 Å². The van der Waals surface area contributed by atoms with Crippen LogP contribution in [0, 0.1) is 0 Å². The summed E-state index contributed by atoms with van der Waals surface area (Å²) in [6, 6.07) is 19.7. The number of hydrogen-bond donors (Lipinski definition) is 1. The molecule has 1 aromatic heterocycles. The summed E-state index contributed by atoms with van der Waals surface area (Å²) in [6.45, 7) is 0.419. The fourth-order valence-electron chi connectivity index (χ4n) is 3.23. The number of carbonyl (C=O) groups is 2. The molecule has 3 aromatic rings. The van der Waals surface area contributed by atoms with E-state index >= 15 is 0 Å². The second-order valence-electron chi connectivity index (χ2n) is 5.92. The lowest BCUT2D eigenvalue weighted by molar-refractivity contribution is 0.0653. The number of carboxylic acid groups (broad SMARTS) is 1. The van der Waals surface area contributed by atoms with E-state index in [1.165, 1.54) is 6.07 Å². The highest BCUT2D eigenvalue weighted by atomic mass is 16.4. The first kappa shape index (κ1) is 15.2. The minimum absolute atomic E-state index is 0.0854. The van der Waals surface area contributed by atoms with Crippen molar-refractivity contribution in [1.29, 1.82) is 0 Å². The van der Waals surface area contributed by atoms with Crippen molar-refractivity contribution in [3.8, 4) is 0 Å². The Balaban J connectivity index is 1.78. The molecule has 124 valence electrons. The van der Waals surface area contributed by atoms with Gasteiger partial charge in [0.2, 0.25) is 5.76 Å². The maximum Gasteiger partial charge on any atom is 0.371 e. The first-order chi connectivity index (χ1) is 12.1. The van der Waals surface area contributed by atoms with Gasteiger partial charge in [-0.05, 0) is 29.3 Å². The number of carboxylic acids is 1. The highest BCUT2D eigenvalue weighted by Gasteiger charge is 2.39. The van der Waals surface area contributed by atoms with Gasteiger partial charge in [0, 0.05) is 12.1 Å². The van der Waals surface area contributed by atoms with Gasteiger partial charge in [-0.1, -0.05) is 48.5 Å². The molecule has 2 heterocycles. The van der Waals surface area contributed by atoms with Gasteiger partial charge < -0.3 is 14.4 Å². The van der Waals surface area contributed by atoms with Gasteiger partial charge in [-0.25, -0.2) is 4.79 Å². The smallest absolute Gasteiger partial charge is 0.371 e. The predicted octanol–water partition coefficient (Wildman–Crippen LogP) is 3.72. The molecule has 4 rings (SSSR count). The molecular formula is C20H15NO4. The van der Waals surface area contributed by atoms with Crippen LogP contribution in [0.5, 0.6) is 0 Å². The molecule has 0 aliphatic carbocycles. The lowest BCUT2D eigenvalue weighted by Gasteiger charge is -2.24. The van der Waals surface area contributed by atoms with E-state index < -0.39 is 12.0 Å². The number of benzene rings is 2. The fraction of sp³-hybridized carbons (Fsp3) is 0.100. The van der Waals surface area contributed by atoms with E-state index in [0.717, 1.165) is 11.1 Å². The Kier molecular flexibility index (Phi) is 3.61. The van der Waals surface area contributed by atoms with Gasteiger partial charge in [-0.3, -0.25) is 4.79 Å². The number of fused-ring (bicyclic) bond motifs is 1. The quantitative estimate of drug-likeness (QED) is 0.790. The van der Waals surface area contributed by atoms with E-state index in [2.05, 4.69) is 0 Å². The molecule has 1 aliphatic heterocycles. The number of amides is 1. The molecule has 0 spiro atoms. The van der Waals surface area contributed by atoms with Crippen LogP contribution in [0.2, 0.25) is 0 Å². The van der Waals surface area contributed by atoms with E-state index in [0.29, 0.717) is 17.9 Å². The van der Waals surface area contributed by atoms with Crippen LogP contribution in [0.25, 0.3) is 0 Å². The van der Waals surface area contributed by atoms with Gasteiger partial charge in [0.15, 0.2) is 0 Å². The zero-order valence-corrected chi connectivity index (χ0v) is 13.3. The molecule has 1 amide bonds. The molecule has 1 atom stereocenters. The molecule has 0 saturated heterocycles. The van der Waals surface area contributed by atoms with Gasteiger partial charge in [-0.2, -0.15) is 0 Å². The number of aromatic carboxylic acids is 1. The van der Waals surface area contributed by atoms with E-state index in [1.807, 2.05) is 48.5 Å². The summed E-state index contributed by atoms with van der Waals surface area (Å²) in [5.74, 6) is -0.894. The summed E-state index contributed by atoms with van der Waals surface area (Å²) in [5.41, 5.74) is 2.45. The summed E-state index contributed by atoms with van der Waals surface area (Å²) >= 11 is 0. The van der Waals surface area contributed by atoms with Gasteiger partial charge in [0.25, 0.3) is 5.91 Å². The Morgan fingerprint density at radius 3 is 2.44 bits per heavy atom. The Morgan fingerprint density at radius 1 is 1.00 bits per heavy atom. The molecule has 0 fully saturated rings. The molecule has 1 unspecified atom stereocenters. The molecule has 2 aromatic carbocycles. The summed E-state index contributed by atoms with van der Waals surface area (Å²) in [6.07, 6.45) is 0. The van der Waals surface area contributed by atoms with Gasteiger partial charge in [-0.15, -0.1) is 0 Å². The van der Waals surface area contributed by atoms with Crippen molar-refractivity contribution in [1.82, 2.24) is 4.90 Å². The second kappa shape index (κ2) is 5.94. The number of carbonyl (C=O) groups excluding carboxylic acids is 1. The predicted molar refractivity (Wildman–Crippen MR) is 90.3 cm³/mol. The molecule has 5 nitrogen and oxygen atoms in total.